The summed E-state index contributed by atoms with van der Waals surface area (Å²) in [6.07, 6.45) is 2.09. The van der Waals surface area contributed by atoms with Gasteiger partial charge in [-0.2, -0.15) is 0 Å². The first-order chi connectivity index (χ1) is 14.6. The third-order valence-corrected chi connectivity index (χ3v) is 6.82. The topological polar surface area (TPSA) is 51.0 Å². The number of thioether (sulfide) groups is 1. The fourth-order valence-corrected chi connectivity index (χ4v) is 5.15. The number of likely N-dealkylation sites (tertiary alicyclic amines) is 1. The van der Waals surface area contributed by atoms with Crippen molar-refractivity contribution in [3.05, 3.63) is 65.2 Å². The first-order valence-corrected chi connectivity index (χ1v) is 11.6. The summed E-state index contributed by atoms with van der Waals surface area (Å²) in [7, 11) is 0. The molecule has 0 N–H and O–H groups in total. The second kappa shape index (κ2) is 9.04. The van der Waals surface area contributed by atoms with Gasteiger partial charge in [-0.3, -0.25) is 4.79 Å². The van der Waals surface area contributed by atoms with Crippen molar-refractivity contribution in [2.24, 2.45) is 0 Å². The van der Waals surface area contributed by atoms with Crippen LogP contribution in [-0.2, 0) is 11.3 Å². The smallest absolute Gasteiger partial charge is 0.233 e. The average molecular weight is 421 g/mol. The molecule has 2 aromatic carbocycles. The minimum atomic E-state index is 0.175. The van der Waals surface area contributed by atoms with Crippen molar-refractivity contribution in [1.82, 2.24) is 19.7 Å². The maximum atomic E-state index is 13.1. The van der Waals surface area contributed by atoms with Gasteiger partial charge in [-0.1, -0.05) is 60.3 Å². The van der Waals surface area contributed by atoms with Crippen molar-refractivity contribution in [3.63, 3.8) is 0 Å². The fraction of sp³-hybridized carbons (Fsp3) is 0.375. The Kier molecular flexibility index (Phi) is 6.23. The predicted octanol–water partition coefficient (Wildman–Crippen LogP) is 5.04. The van der Waals surface area contributed by atoms with Gasteiger partial charge in [-0.15, -0.1) is 10.2 Å². The summed E-state index contributed by atoms with van der Waals surface area (Å²) in [4.78, 5) is 15.1. The van der Waals surface area contributed by atoms with Crippen molar-refractivity contribution in [2.45, 2.75) is 51.4 Å². The maximum absolute atomic E-state index is 13.1. The van der Waals surface area contributed by atoms with Gasteiger partial charge in [0.25, 0.3) is 0 Å². The molecule has 1 aliphatic heterocycles. The van der Waals surface area contributed by atoms with E-state index in [9.17, 15) is 4.79 Å². The van der Waals surface area contributed by atoms with Crippen molar-refractivity contribution < 1.29 is 4.79 Å². The van der Waals surface area contributed by atoms with Gasteiger partial charge in [-0.05, 0) is 50.3 Å². The number of carbonyl (C=O) groups excluding carboxylic acids is 1. The molecule has 1 saturated heterocycles. The second-order valence-corrected chi connectivity index (χ2v) is 8.70. The lowest BCUT2D eigenvalue weighted by Gasteiger charge is -2.26. The highest BCUT2D eigenvalue weighted by Crippen LogP contribution is 2.34. The predicted molar refractivity (Wildman–Crippen MR) is 121 cm³/mol. The molecule has 30 heavy (non-hydrogen) atoms. The largest absolute Gasteiger partial charge is 0.335 e. The molecule has 3 aromatic rings. The standard InChI is InChI=1S/C24H28N4OS/c1-4-27-23(20-13-8-6-11-18(20)3)25-26-24(27)30-16-22(29)28-15-9-14-21(28)19-12-7-5-10-17(19)2/h5-8,10-13,21H,4,9,14-16H2,1-3H3. The van der Waals surface area contributed by atoms with Gasteiger partial charge in [0.1, 0.15) is 0 Å². The minimum absolute atomic E-state index is 0.175. The zero-order valence-electron chi connectivity index (χ0n) is 17.8. The van der Waals surface area contributed by atoms with Gasteiger partial charge in [0.15, 0.2) is 11.0 Å². The number of benzene rings is 2. The maximum Gasteiger partial charge on any atom is 0.233 e. The van der Waals surface area contributed by atoms with E-state index in [1.54, 1.807) is 0 Å². The zero-order chi connectivity index (χ0) is 21.1. The molecule has 1 fully saturated rings. The van der Waals surface area contributed by atoms with E-state index in [1.807, 2.05) is 17.0 Å². The average Bonchev–Trinajstić information content (AvgIpc) is 3.39. The van der Waals surface area contributed by atoms with Gasteiger partial charge in [0.05, 0.1) is 11.8 Å². The fourth-order valence-electron chi connectivity index (χ4n) is 4.26. The number of aromatic nitrogens is 3. The molecular formula is C24H28N4OS. The third-order valence-electron chi connectivity index (χ3n) is 5.86. The van der Waals surface area contributed by atoms with E-state index in [0.29, 0.717) is 5.75 Å². The summed E-state index contributed by atoms with van der Waals surface area (Å²) in [5.74, 6) is 1.42. The highest BCUT2D eigenvalue weighted by Gasteiger charge is 2.31. The van der Waals surface area contributed by atoms with E-state index in [0.717, 1.165) is 42.5 Å². The quantitative estimate of drug-likeness (QED) is 0.525. The van der Waals surface area contributed by atoms with Crippen LogP contribution >= 0.6 is 11.8 Å². The van der Waals surface area contributed by atoms with Crippen molar-refractivity contribution in [3.8, 4) is 11.4 Å². The number of nitrogens with zero attached hydrogens (tertiary/aromatic N) is 4. The summed E-state index contributed by atoms with van der Waals surface area (Å²) in [5.41, 5.74) is 4.78. The summed E-state index contributed by atoms with van der Waals surface area (Å²) < 4.78 is 2.10. The van der Waals surface area contributed by atoms with E-state index >= 15 is 0 Å². The van der Waals surface area contributed by atoms with Crippen LogP contribution in [0, 0.1) is 13.8 Å². The van der Waals surface area contributed by atoms with Gasteiger partial charge >= 0.3 is 0 Å². The molecule has 1 amide bonds. The molecule has 1 aliphatic rings. The summed E-state index contributed by atoms with van der Waals surface area (Å²) in [5, 5.41) is 9.64. The number of rotatable bonds is 6. The Bertz CT molecular complexity index is 1050. The zero-order valence-corrected chi connectivity index (χ0v) is 18.7. The molecule has 0 aliphatic carbocycles. The van der Waals surface area contributed by atoms with Crippen LogP contribution in [0.1, 0.15) is 42.5 Å². The lowest BCUT2D eigenvalue weighted by Crippen LogP contribution is -2.32. The molecule has 1 unspecified atom stereocenters. The molecule has 6 heteroatoms. The van der Waals surface area contributed by atoms with Crippen LogP contribution in [-0.4, -0.2) is 37.9 Å². The van der Waals surface area contributed by atoms with Crippen LogP contribution < -0.4 is 0 Å². The molecule has 4 rings (SSSR count). The van der Waals surface area contributed by atoms with Crippen molar-refractivity contribution >= 4 is 17.7 Å². The van der Waals surface area contributed by atoms with Gasteiger partial charge in [0.2, 0.25) is 5.91 Å². The number of aryl methyl sites for hydroxylation is 2. The molecule has 1 atom stereocenters. The number of carbonyl (C=O) groups is 1. The monoisotopic (exact) mass is 420 g/mol. The first-order valence-electron chi connectivity index (χ1n) is 10.6. The molecule has 156 valence electrons. The van der Waals surface area contributed by atoms with Crippen LogP contribution in [0.25, 0.3) is 11.4 Å². The first kappa shape index (κ1) is 20.7. The Hall–Kier alpha value is -2.60. The highest BCUT2D eigenvalue weighted by atomic mass is 32.2. The lowest BCUT2D eigenvalue weighted by atomic mass is 9.99. The van der Waals surface area contributed by atoms with Gasteiger partial charge in [0, 0.05) is 18.7 Å². The SMILES string of the molecule is CCn1c(SCC(=O)N2CCCC2c2ccccc2C)nnc1-c1ccccc1C. The van der Waals surface area contributed by atoms with Gasteiger partial charge < -0.3 is 9.47 Å². The third kappa shape index (κ3) is 4.01. The van der Waals surface area contributed by atoms with Crippen LogP contribution in [0.5, 0.6) is 0 Å². The number of amides is 1. The Morgan fingerprint density at radius 2 is 1.80 bits per heavy atom. The number of hydrogen-bond donors (Lipinski definition) is 0. The van der Waals surface area contributed by atoms with Crippen LogP contribution in [0.15, 0.2) is 53.7 Å². The lowest BCUT2D eigenvalue weighted by molar-refractivity contribution is -0.129. The summed E-state index contributed by atoms with van der Waals surface area (Å²) in [6, 6.07) is 16.8. The molecule has 0 radical (unpaired) electrons. The molecule has 0 bridgehead atoms. The summed E-state index contributed by atoms with van der Waals surface area (Å²) in [6.45, 7) is 7.89. The van der Waals surface area contributed by atoms with Crippen LogP contribution in [0.2, 0.25) is 0 Å². The summed E-state index contributed by atoms with van der Waals surface area (Å²) >= 11 is 1.49. The molecule has 5 nitrogen and oxygen atoms in total. The Morgan fingerprint density at radius 1 is 1.07 bits per heavy atom. The second-order valence-electron chi connectivity index (χ2n) is 7.76. The van der Waals surface area contributed by atoms with E-state index in [-0.39, 0.29) is 11.9 Å². The molecular weight excluding hydrogens is 392 g/mol. The van der Waals surface area contributed by atoms with Crippen LogP contribution in [0.4, 0.5) is 0 Å². The molecule has 0 saturated carbocycles. The Labute approximate surface area is 182 Å². The van der Waals surface area contributed by atoms with E-state index in [2.05, 4.69) is 71.9 Å². The van der Waals surface area contributed by atoms with Crippen molar-refractivity contribution in [1.29, 1.82) is 0 Å². The van der Waals surface area contributed by atoms with E-state index < -0.39 is 0 Å². The van der Waals surface area contributed by atoms with Crippen molar-refractivity contribution in [2.75, 3.05) is 12.3 Å². The van der Waals surface area contributed by atoms with Crippen LogP contribution in [0.3, 0.4) is 0 Å². The molecule has 2 heterocycles. The highest BCUT2D eigenvalue weighted by molar-refractivity contribution is 7.99. The van der Waals surface area contributed by atoms with Gasteiger partial charge in [-0.25, -0.2) is 0 Å². The molecule has 1 aromatic heterocycles. The normalized spacial score (nSPS) is 16.2. The molecule has 0 spiro atoms. The Balaban J connectivity index is 1.49. The Morgan fingerprint density at radius 3 is 2.53 bits per heavy atom. The minimum Gasteiger partial charge on any atom is -0.335 e. The van der Waals surface area contributed by atoms with E-state index in [1.165, 1.54) is 28.5 Å². The van der Waals surface area contributed by atoms with E-state index in [4.69, 9.17) is 0 Å². The number of hydrogen-bond acceptors (Lipinski definition) is 4.